The molecule has 0 bridgehead atoms. The summed E-state index contributed by atoms with van der Waals surface area (Å²) in [4.78, 5) is 8.13. The zero-order valence-electron chi connectivity index (χ0n) is 16.5. The first kappa shape index (κ1) is 21.4. The Hall–Kier alpha value is -2.30. The first-order valence-corrected chi connectivity index (χ1v) is 10.9. The van der Waals surface area contributed by atoms with Gasteiger partial charge in [0.25, 0.3) is 0 Å². The molecule has 158 valence electrons. The van der Waals surface area contributed by atoms with Crippen molar-refractivity contribution in [3.05, 3.63) is 47.7 Å². The second-order valence-electron chi connectivity index (χ2n) is 7.51. The van der Waals surface area contributed by atoms with E-state index < -0.39 is 22.1 Å². The van der Waals surface area contributed by atoms with Crippen LogP contribution >= 0.6 is 0 Å². The van der Waals surface area contributed by atoms with Gasteiger partial charge in [0.15, 0.2) is 6.23 Å². The number of aliphatic hydroxyl groups is 1. The van der Waals surface area contributed by atoms with Crippen molar-refractivity contribution in [2.24, 2.45) is 5.92 Å². The molecule has 2 N–H and O–H groups in total. The second-order valence-corrected chi connectivity index (χ2v) is 9.52. The van der Waals surface area contributed by atoms with Gasteiger partial charge in [-0.15, -0.1) is 0 Å². The number of rotatable bonds is 8. The molecule has 1 aliphatic heterocycles. The second kappa shape index (κ2) is 8.60. The Morgan fingerprint density at radius 3 is 2.69 bits per heavy atom. The van der Waals surface area contributed by atoms with Gasteiger partial charge in [0.2, 0.25) is 10.0 Å². The summed E-state index contributed by atoms with van der Waals surface area (Å²) in [6.45, 7) is 6.10. The maximum Gasteiger partial charge on any atom is 0.214 e. The fourth-order valence-corrected chi connectivity index (χ4v) is 4.81. The number of pyridine rings is 2. The van der Waals surface area contributed by atoms with Crippen molar-refractivity contribution in [1.82, 2.24) is 14.3 Å². The van der Waals surface area contributed by atoms with Gasteiger partial charge < -0.3 is 15.2 Å². The molecule has 3 rings (SSSR count). The van der Waals surface area contributed by atoms with E-state index in [0.29, 0.717) is 36.0 Å². The number of ether oxygens (including phenoxy) is 1. The predicted octanol–water partition coefficient (Wildman–Crippen LogP) is 2.08. The van der Waals surface area contributed by atoms with E-state index in [9.17, 15) is 17.9 Å². The van der Waals surface area contributed by atoms with Crippen molar-refractivity contribution >= 4 is 15.8 Å². The third-order valence-corrected chi connectivity index (χ3v) is 6.47. The Morgan fingerprint density at radius 2 is 2.07 bits per heavy atom. The smallest absolute Gasteiger partial charge is 0.214 e. The van der Waals surface area contributed by atoms with Crippen molar-refractivity contribution in [2.75, 3.05) is 24.2 Å². The van der Waals surface area contributed by atoms with E-state index in [1.807, 2.05) is 13.8 Å². The van der Waals surface area contributed by atoms with Gasteiger partial charge in [-0.1, -0.05) is 13.8 Å². The first-order chi connectivity index (χ1) is 13.6. The maximum atomic E-state index is 13.0. The van der Waals surface area contributed by atoms with Gasteiger partial charge in [0.05, 0.1) is 30.7 Å². The molecule has 0 radical (unpaired) electrons. The van der Waals surface area contributed by atoms with Crippen LogP contribution in [0.1, 0.15) is 31.5 Å². The van der Waals surface area contributed by atoms with Gasteiger partial charge in [-0.2, -0.15) is 4.31 Å². The highest BCUT2D eigenvalue weighted by atomic mass is 32.2. The van der Waals surface area contributed by atoms with Crippen LogP contribution in [0.2, 0.25) is 0 Å². The topological polar surface area (TPSA) is 105 Å². The summed E-state index contributed by atoms with van der Waals surface area (Å²) in [5.74, 6) is 0.503. The quantitative estimate of drug-likeness (QED) is 0.625. The highest BCUT2D eigenvalue weighted by Crippen LogP contribution is 2.25. The molecule has 0 spiro atoms. The average Bonchev–Trinajstić information content (AvgIpc) is 2.58. The van der Waals surface area contributed by atoms with Crippen molar-refractivity contribution < 1.29 is 22.7 Å². The molecular formula is C19H25FN4O4S. The Morgan fingerprint density at radius 1 is 1.34 bits per heavy atom. The number of nitrogens with zero attached hydrogens (tertiary/aromatic N) is 3. The number of aryl methyl sites for hydroxylation is 1. The summed E-state index contributed by atoms with van der Waals surface area (Å²) in [6.07, 6.45) is -0.377. The molecule has 1 aliphatic rings. The van der Waals surface area contributed by atoms with Crippen molar-refractivity contribution in [3.8, 4) is 5.75 Å². The zero-order chi connectivity index (χ0) is 21.2. The molecule has 0 aromatic carbocycles. The number of aromatic nitrogens is 2. The molecule has 1 unspecified atom stereocenters. The summed E-state index contributed by atoms with van der Waals surface area (Å²) in [6, 6.07) is 5.94. The third-order valence-electron chi connectivity index (χ3n) is 4.29. The molecule has 0 saturated carbocycles. The van der Waals surface area contributed by atoms with Crippen LogP contribution in [0.15, 0.2) is 30.5 Å². The van der Waals surface area contributed by atoms with E-state index in [1.165, 1.54) is 16.4 Å². The third kappa shape index (κ3) is 5.62. The summed E-state index contributed by atoms with van der Waals surface area (Å²) in [5, 5.41) is 13.1. The van der Waals surface area contributed by atoms with Gasteiger partial charge in [-0.25, -0.2) is 17.8 Å². The SMILES string of the molecule is Cc1cc(OC2CN(S(=O)(=O)CC(C)C)C2)cc(C(O)Nc2ccc(F)cn2)n1. The largest absolute Gasteiger partial charge is 0.488 e. The van der Waals surface area contributed by atoms with Crippen LogP contribution in [-0.2, 0) is 10.0 Å². The minimum absolute atomic E-state index is 0.0648. The van der Waals surface area contributed by atoms with Crippen molar-refractivity contribution in [2.45, 2.75) is 33.1 Å². The van der Waals surface area contributed by atoms with E-state index in [2.05, 4.69) is 15.3 Å². The summed E-state index contributed by atoms with van der Waals surface area (Å²) in [5.41, 5.74) is 0.948. The molecular weight excluding hydrogens is 399 g/mol. The number of halogens is 1. The number of hydrogen-bond donors (Lipinski definition) is 2. The molecule has 1 fully saturated rings. The Kier molecular flexibility index (Phi) is 6.35. The maximum absolute atomic E-state index is 13.0. The number of anilines is 1. The summed E-state index contributed by atoms with van der Waals surface area (Å²) < 4.78 is 44.6. The van der Waals surface area contributed by atoms with Crippen LogP contribution in [0.25, 0.3) is 0 Å². The lowest BCUT2D eigenvalue weighted by molar-refractivity contribution is 0.0755. The molecule has 10 heteroatoms. The number of sulfonamides is 1. The van der Waals surface area contributed by atoms with Gasteiger partial charge in [-0.3, -0.25) is 4.98 Å². The van der Waals surface area contributed by atoms with Crippen LogP contribution in [0.3, 0.4) is 0 Å². The monoisotopic (exact) mass is 424 g/mol. The van der Waals surface area contributed by atoms with E-state index in [0.717, 1.165) is 6.20 Å². The van der Waals surface area contributed by atoms with Crippen molar-refractivity contribution in [3.63, 3.8) is 0 Å². The highest BCUT2D eigenvalue weighted by molar-refractivity contribution is 7.89. The van der Waals surface area contributed by atoms with E-state index in [1.54, 1.807) is 19.1 Å². The average molecular weight is 424 g/mol. The lowest BCUT2D eigenvalue weighted by Crippen LogP contribution is -2.56. The van der Waals surface area contributed by atoms with Crippen LogP contribution in [0.5, 0.6) is 5.75 Å². The molecule has 3 heterocycles. The van der Waals surface area contributed by atoms with Gasteiger partial charge >= 0.3 is 0 Å². The minimum atomic E-state index is -3.26. The minimum Gasteiger partial charge on any atom is -0.488 e. The van der Waals surface area contributed by atoms with Crippen LogP contribution in [0.4, 0.5) is 10.2 Å². The van der Waals surface area contributed by atoms with Gasteiger partial charge in [0, 0.05) is 17.8 Å². The fraction of sp³-hybridized carbons (Fsp3) is 0.474. The van der Waals surface area contributed by atoms with Crippen LogP contribution in [0, 0.1) is 18.7 Å². The molecule has 0 amide bonds. The van der Waals surface area contributed by atoms with Gasteiger partial charge in [0.1, 0.15) is 23.5 Å². The molecule has 1 atom stereocenters. The number of hydrogen-bond acceptors (Lipinski definition) is 7. The van der Waals surface area contributed by atoms with E-state index >= 15 is 0 Å². The van der Waals surface area contributed by atoms with Gasteiger partial charge in [-0.05, 0) is 25.0 Å². The molecule has 29 heavy (non-hydrogen) atoms. The Balaban J connectivity index is 1.62. The zero-order valence-corrected chi connectivity index (χ0v) is 17.4. The summed E-state index contributed by atoms with van der Waals surface area (Å²) >= 11 is 0. The fourth-order valence-electron chi connectivity index (χ4n) is 2.97. The van der Waals surface area contributed by atoms with Crippen molar-refractivity contribution in [1.29, 1.82) is 0 Å². The predicted molar refractivity (Wildman–Crippen MR) is 106 cm³/mol. The molecule has 2 aromatic rings. The number of aliphatic hydroxyl groups excluding tert-OH is 1. The number of nitrogens with one attached hydrogen (secondary N) is 1. The molecule has 2 aromatic heterocycles. The molecule has 8 nitrogen and oxygen atoms in total. The summed E-state index contributed by atoms with van der Waals surface area (Å²) in [7, 11) is -3.26. The van der Waals surface area contributed by atoms with Crippen LogP contribution in [-0.4, -0.2) is 52.7 Å². The molecule has 0 aliphatic carbocycles. The Labute approximate surface area is 169 Å². The normalized spacial score (nSPS) is 16.5. The molecule has 1 saturated heterocycles. The standard InChI is InChI=1S/C19H25FN4O4S/c1-12(2)11-29(26,27)24-9-16(10-24)28-15-6-13(3)22-17(7-15)19(25)23-18-5-4-14(20)8-21-18/h4-8,12,16,19,25H,9-11H2,1-3H3,(H,21,23). The first-order valence-electron chi connectivity index (χ1n) is 9.31. The lowest BCUT2D eigenvalue weighted by atomic mass is 10.2. The van der Waals surface area contributed by atoms with E-state index in [-0.39, 0.29) is 17.8 Å². The Bertz CT molecular complexity index is 947. The van der Waals surface area contributed by atoms with E-state index in [4.69, 9.17) is 4.74 Å². The highest BCUT2D eigenvalue weighted by Gasteiger charge is 2.37. The van der Waals surface area contributed by atoms with Crippen LogP contribution < -0.4 is 10.1 Å². The lowest BCUT2D eigenvalue weighted by Gasteiger charge is -2.38.